The Kier molecular flexibility index (Phi) is 4.03. The lowest BCUT2D eigenvalue weighted by Crippen LogP contribution is -2.34. The van der Waals surface area contributed by atoms with Crippen molar-refractivity contribution in [1.82, 2.24) is 25.5 Å². The predicted octanol–water partition coefficient (Wildman–Crippen LogP) is 3.29. The molecule has 0 saturated carbocycles. The molecule has 2 heterocycles. The molecule has 1 aromatic carbocycles. The summed E-state index contributed by atoms with van der Waals surface area (Å²) in [5, 5.41) is 10.4. The van der Waals surface area contributed by atoms with Crippen LogP contribution in [0, 0.1) is 5.92 Å². The standard InChI is InChI=1S/C19H23N5O/c1-3-11(2)16(18-20-14-8-4-5-9-15(14)21-18)22-19(25)17-12-7-6-10-13(12)23-24-17/h4-5,8-9,11,16H,3,6-7,10H2,1-2H3,(H,20,21)(H,22,25)(H,23,24)/t11-,16-/m1/s1. The molecule has 0 unspecified atom stereocenters. The molecule has 3 aromatic rings. The fourth-order valence-electron chi connectivity index (χ4n) is 3.55. The first-order chi connectivity index (χ1) is 12.2. The number of amides is 1. The van der Waals surface area contributed by atoms with E-state index in [1.54, 1.807) is 0 Å². The summed E-state index contributed by atoms with van der Waals surface area (Å²) in [6.07, 6.45) is 3.93. The highest BCUT2D eigenvalue weighted by molar-refractivity contribution is 5.94. The van der Waals surface area contributed by atoms with Crippen LogP contribution in [0.5, 0.6) is 0 Å². The zero-order valence-corrected chi connectivity index (χ0v) is 14.6. The van der Waals surface area contributed by atoms with E-state index >= 15 is 0 Å². The number of hydrogen-bond donors (Lipinski definition) is 3. The number of aromatic amines is 2. The normalized spacial score (nSPS) is 15.9. The highest BCUT2D eigenvalue weighted by Gasteiger charge is 2.28. The van der Waals surface area contributed by atoms with Gasteiger partial charge in [-0.1, -0.05) is 32.4 Å². The van der Waals surface area contributed by atoms with Crippen molar-refractivity contribution in [2.75, 3.05) is 0 Å². The Hall–Kier alpha value is -2.63. The highest BCUT2D eigenvalue weighted by atomic mass is 16.2. The maximum Gasteiger partial charge on any atom is 0.272 e. The van der Waals surface area contributed by atoms with Gasteiger partial charge in [0.2, 0.25) is 0 Å². The van der Waals surface area contributed by atoms with Gasteiger partial charge in [0.25, 0.3) is 5.91 Å². The van der Waals surface area contributed by atoms with E-state index in [0.29, 0.717) is 5.69 Å². The minimum absolute atomic E-state index is 0.120. The molecule has 0 radical (unpaired) electrons. The van der Waals surface area contributed by atoms with Crippen molar-refractivity contribution >= 4 is 16.9 Å². The average molecular weight is 337 g/mol. The Bertz CT molecular complexity index is 877. The molecular formula is C19H23N5O. The van der Waals surface area contributed by atoms with Gasteiger partial charge >= 0.3 is 0 Å². The van der Waals surface area contributed by atoms with Crippen LogP contribution in [0.3, 0.4) is 0 Å². The van der Waals surface area contributed by atoms with Crippen LogP contribution in [0.1, 0.15) is 60.3 Å². The number of fused-ring (bicyclic) bond motifs is 2. The molecule has 0 spiro atoms. The van der Waals surface area contributed by atoms with E-state index in [0.717, 1.165) is 53.8 Å². The minimum atomic E-state index is -0.168. The van der Waals surface area contributed by atoms with E-state index in [-0.39, 0.29) is 17.9 Å². The Morgan fingerprint density at radius 3 is 2.96 bits per heavy atom. The summed E-state index contributed by atoms with van der Waals surface area (Å²) in [6.45, 7) is 4.26. The van der Waals surface area contributed by atoms with E-state index in [2.05, 4.69) is 34.3 Å². The van der Waals surface area contributed by atoms with Crippen LogP contribution in [-0.4, -0.2) is 26.1 Å². The molecule has 130 valence electrons. The quantitative estimate of drug-likeness (QED) is 0.668. The van der Waals surface area contributed by atoms with Gasteiger partial charge in [-0.25, -0.2) is 4.98 Å². The van der Waals surface area contributed by atoms with Gasteiger partial charge in [-0.05, 0) is 37.3 Å². The molecule has 0 aliphatic heterocycles. The summed E-state index contributed by atoms with van der Waals surface area (Å²) in [7, 11) is 0. The van der Waals surface area contributed by atoms with E-state index in [4.69, 9.17) is 4.98 Å². The molecule has 6 heteroatoms. The van der Waals surface area contributed by atoms with Gasteiger partial charge < -0.3 is 10.3 Å². The Labute approximate surface area is 146 Å². The number of aryl methyl sites for hydroxylation is 1. The van der Waals surface area contributed by atoms with Gasteiger partial charge in [-0.2, -0.15) is 5.10 Å². The Morgan fingerprint density at radius 2 is 2.16 bits per heavy atom. The monoisotopic (exact) mass is 337 g/mol. The summed E-state index contributed by atoms with van der Waals surface area (Å²) < 4.78 is 0. The van der Waals surface area contributed by atoms with Gasteiger partial charge in [0.15, 0.2) is 5.69 Å². The fourth-order valence-corrected chi connectivity index (χ4v) is 3.55. The molecule has 2 aromatic heterocycles. The van der Waals surface area contributed by atoms with Crippen LogP contribution in [0.4, 0.5) is 0 Å². The maximum absolute atomic E-state index is 12.8. The number of imidazole rings is 1. The second-order valence-corrected chi connectivity index (χ2v) is 6.86. The summed E-state index contributed by atoms with van der Waals surface area (Å²) >= 11 is 0. The smallest absolute Gasteiger partial charge is 0.272 e. The second-order valence-electron chi connectivity index (χ2n) is 6.86. The molecule has 6 nitrogen and oxygen atoms in total. The van der Waals surface area contributed by atoms with Crippen molar-refractivity contribution in [1.29, 1.82) is 0 Å². The van der Waals surface area contributed by atoms with E-state index in [1.165, 1.54) is 0 Å². The van der Waals surface area contributed by atoms with Crippen molar-refractivity contribution in [3.63, 3.8) is 0 Å². The van der Waals surface area contributed by atoms with Gasteiger partial charge in [0.05, 0.1) is 17.1 Å². The van der Waals surface area contributed by atoms with Crippen molar-refractivity contribution in [3.8, 4) is 0 Å². The topological polar surface area (TPSA) is 86.5 Å². The number of benzene rings is 1. The zero-order chi connectivity index (χ0) is 17.4. The van der Waals surface area contributed by atoms with Gasteiger partial charge in [0, 0.05) is 11.3 Å². The first kappa shape index (κ1) is 15.9. The van der Waals surface area contributed by atoms with Crippen molar-refractivity contribution < 1.29 is 4.79 Å². The number of nitrogens with one attached hydrogen (secondary N) is 3. The van der Waals surface area contributed by atoms with Crippen molar-refractivity contribution in [2.45, 2.75) is 45.6 Å². The first-order valence-electron chi connectivity index (χ1n) is 8.99. The number of aromatic nitrogens is 4. The third kappa shape index (κ3) is 2.81. The largest absolute Gasteiger partial charge is 0.340 e. The third-order valence-corrected chi connectivity index (χ3v) is 5.22. The van der Waals surface area contributed by atoms with E-state index in [1.807, 2.05) is 24.3 Å². The lowest BCUT2D eigenvalue weighted by molar-refractivity contribution is 0.0914. The molecule has 3 N–H and O–H groups in total. The van der Waals surface area contributed by atoms with Gasteiger partial charge in [-0.15, -0.1) is 0 Å². The van der Waals surface area contributed by atoms with Crippen LogP contribution in [-0.2, 0) is 12.8 Å². The van der Waals surface area contributed by atoms with Gasteiger partial charge in [-0.3, -0.25) is 9.89 Å². The Balaban J connectivity index is 1.64. The van der Waals surface area contributed by atoms with Crippen LogP contribution in [0.2, 0.25) is 0 Å². The molecule has 1 aliphatic carbocycles. The molecule has 0 fully saturated rings. The van der Waals surface area contributed by atoms with Crippen LogP contribution >= 0.6 is 0 Å². The minimum Gasteiger partial charge on any atom is -0.340 e. The molecule has 1 amide bonds. The number of nitrogens with zero attached hydrogens (tertiary/aromatic N) is 2. The number of hydrogen-bond acceptors (Lipinski definition) is 3. The van der Waals surface area contributed by atoms with Crippen molar-refractivity contribution in [2.24, 2.45) is 5.92 Å². The zero-order valence-electron chi connectivity index (χ0n) is 14.6. The van der Waals surface area contributed by atoms with Crippen LogP contribution in [0.25, 0.3) is 11.0 Å². The lowest BCUT2D eigenvalue weighted by atomic mass is 9.98. The maximum atomic E-state index is 12.8. The number of para-hydroxylation sites is 2. The predicted molar refractivity (Wildman–Crippen MR) is 96.4 cm³/mol. The molecule has 0 bridgehead atoms. The average Bonchev–Trinajstić information content (AvgIpc) is 3.32. The van der Waals surface area contributed by atoms with E-state index < -0.39 is 0 Å². The number of carbonyl (C=O) groups excluding carboxylic acids is 1. The molecule has 4 rings (SSSR count). The highest BCUT2D eigenvalue weighted by Crippen LogP contribution is 2.27. The lowest BCUT2D eigenvalue weighted by Gasteiger charge is -2.22. The number of H-pyrrole nitrogens is 2. The number of carbonyl (C=O) groups is 1. The van der Waals surface area contributed by atoms with E-state index in [9.17, 15) is 4.79 Å². The SMILES string of the molecule is CC[C@@H](C)[C@@H](NC(=O)c1n[nH]c2c1CCC2)c1nc2ccccc2[nH]1. The second kappa shape index (κ2) is 6.35. The van der Waals surface area contributed by atoms with Gasteiger partial charge in [0.1, 0.15) is 5.82 Å². The summed E-state index contributed by atoms with van der Waals surface area (Å²) in [6, 6.07) is 7.76. The summed E-state index contributed by atoms with van der Waals surface area (Å²) in [5.74, 6) is 0.942. The van der Waals surface area contributed by atoms with Crippen LogP contribution < -0.4 is 5.32 Å². The molecular weight excluding hydrogens is 314 g/mol. The fraction of sp³-hybridized carbons (Fsp3) is 0.421. The third-order valence-electron chi connectivity index (χ3n) is 5.22. The van der Waals surface area contributed by atoms with Crippen LogP contribution in [0.15, 0.2) is 24.3 Å². The molecule has 1 aliphatic rings. The molecule has 2 atom stereocenters. The summed E-state index contributed by atoms with van der Waals surface area (Å²) in [4.78, 5) is 20.9. The number of rotatable bonds is 5. The molecule has 0 saturated heterocycles. The van der Waals surface area contributed by atoms with Crippen molar-refractivity contribution in [3.05, 3.63) is 47.0 Å². The Morgan fingerprint density at radius 1 is 1.32 bits per heavy atom. The summed E-state index contributed by atoms with van der Waals surface area (Å²) in [5.41, 5.74) is 4.62. The molecule has 25 heavy (non-hydrogen) atoms. The first-order valence-corrected chi connectivity index (χ1v) is 8.99.